The van der Waals surface area contributed by atoms with Crippen molar-refractivity contribution in [1.82, 2.24) is 5.32 Å². The molecule has 0 saturated carbocycles. The lowest BCUT2D eigenvalue weighted by molar-refractivity contribution is -0.384. The van der Waals surface area contributed by atoms with Crippen LogP contribution in [0.3, 0.4) is 0 Å². The Morgan fingerprint density at radius 1 is 1.12 bits per heavy atom. The number of benzene rings is 2. The fourth-order valence-electron chi connectivity index (χ4n) is 3.32. The van der Waals surface area contributed by atoms with Crippen molar-refractivity contribution in [3.05, 3.63) is 69.8 Å². The monoisotopic (exact) mass is 353 g/mol. The smallest absolute Gasteiger partial charge is 0.293 e. The second-order valence-electron chi connectivity index (χ2n) is 6.61. The molecule has 1 heterocycles. The first kappa shape index (κ1) is 17.9. The van der Waals surface area contributed by atoms with Crippen LogP contribution in [0.5, 0.6) is 0 Å². The van der Waals surface area contributed by atoms with E-state index < -0.39 is 4.92 Å². The molecule has 0 bridgehead atoms. The maximum Gasteiger partial charge on any atom is 0.293 e. The van der Waals surface area contributed by atoms with Crippen LogP contribution in [-0.2, 0) is 0 Å². The summed E-state index contributed by atoms with van der Waals surface area (Å²) >= 11 is 0. The normalized spacial score (nSPS) is 15.3. The molecule has 1 N–H and O–H groups in total. The number of carbonyl (C=O) groups excluding carboxylic acids is 1. The third-order valence-corrected chi connectivity index (χ3v) is 4.78. The summed E-state index contributed by atoms with van der Waals surface area (Å²) in [7, 11) is 0. The molecule has 1 atom stereocenters. The molecular formula is C20H23N3O3. The minimum absolute atomic E-state index is 0.00749. The van der Waals surface area contributed by atoms with Crippen LogP contribution in [0.2, 0.25) is 0 Å². The molecular weight excluding hydrogens is 330 g/mol. The zero-order chi connectivity index (χ0) is 18.5. The van der Waals surface area contributed by atoms with Gasteiger partial charge in [0.2, 0.25) is 0 Å². The summed E-state index contributed by atoms with van der Waals surface area (Å²) < 4.78 is 0. The lowest BCUT2D eigenvalue weighted by Gasteiger charge is -2.28. The predicted octanol–water partition coefficient (Wildman–Crippen LogP) is 4.08. The Bertz CT molecular complexity index is 786. The molecule has 1 unspecified atom stereocenters. The van der Waals surface area contributed by atoms with Gasteiger partial charge in [-0.2, -0.15) is 0 Å². The Labute approximate surface area is 153 Å². The fraction of sp³-hybridized carbons (Fsp3) is 0.350. The quantitative estimate of drug-likeness (QED) is 0.649. The van der Waals surface area contributed by atoms with E-state index in [4.69, 9.17) is 0 Å². The van der Waals surface area contributed by atoms with Crippen molar-refractivity contribution in [2.45, 2.75) is 32.2 Å². The maximum absolute atomic E-state index is 12.5. The van der Waals surface area contributed by atoms with Gasteiger partial charge in [-0.1, -0.05) is 30.3 Å². The molecule has 1 fully saturated rings. The van der Waals surface area contributed by atoms with Crippen molar-refractivity contribution in [2.24, 2.45) is 0 Å². The van der Waals surface area contributed by atoms with Crippen LogP contribution in [0, 0.1) is 10.1 Å². The zero-order valence-electron chi connectivity index (χ0n) is 14.9. The molecule has 1 amide bonds. The van der Waals surface area contributed by atoms with Crippen LogP contribution in [0.15, 0.2) is 48.5 Å². The number of hydrogen-bond donors (Lipinski definition) is 1. The van der Waals surface area contributed by atoms with E-state index in [0.29, 0.717) is 11.3 Å². The molecule has 1 aliphatic rings. The lowest BCUT2D eigenvalue weighted by atomic mass is 10.1. The molecule has 0 spiro atoms. The number of rotatable bonds is 5. The average Bonchev–Trinajstić information content (AvgIpc) is 2.68. The van der Waals surface area contributed by atoms with Crippen LogP contribution in [0.4, 0.5) is 11.4 Å². The van der Waals surface area contributed by atoms with Gasteiger partial charge in [0.1, 0.15) is 5.69 Å². The van der Waals surface area contributed by atoms with Crippen LogP contribution >= 0.6 is 0 Å². The van der Waals surface area contributed by atoms with Crippen molar-refractivity contribution in [2.75, 3.05) is 18.0 Å². The Morgan fingerprint density at radius 3 is 2.46 bits per heavy atom. The van der Waals surface area contributed by atoms with Gasteiger partial charge in [0.05, 0.1) is 11.0 Å². The summed E-state index contributed by atoms with van der Waals surface area (Å²) in [6.45, 7) is 3.53. The number of nitrogens with one attached hydrogen (secondary N) is 1. The second kappa shape index (κ2) is 7.99. The molecule has 2 aromatic carbocycles. The summed E-state index contributed by atoms with van der Waals surface area (Å²) in [5.74, 6) is -0.311. The molecule has 3 rings (SSSR count). The molecule has 0 aromatic heterocycles. The average molecular weight is 353 g/mol. The van der Waals surface area contributed by atoms with Gasteiger partial charge in [0, 0.05) is 24.7 Å². The number of piperidine rings is 1. The Balaban J connectivity index is 1.80. The minimum Gasteiger partial charge on any atom is -0.366 e. The Morgan fingerprint density at radius 2 is 1.81 bits per heavy atom. The van der Waals surface area contributed by atoms with E-state index in [0.717, 1.165) is 37.9 Å². The molecule has 0 aliphatic carbocycles. The molecule has 6 heteroatoms. The number of nitrogens with zero attached hydrogens (tertiary/aromatic N) is 2. The largest absolute Gasteiger partial charge is 0.366 e. The van der Waals surface area contributed by atoms with Gasteiger partial charge in [-0.05, 0) is 43.9 Å². The van der Waals surface area contributed by atoms with Gasteiger partial charge in [-0.3, -0.25) is 14.9 Å². The molecule has 1 saturated heterocycles. The van der Waals surface area contributed by atoms with Crippen LogP contribution in [-0.4, -0.2) is 23.9 Å². The van der Waals surface area contributed by atoms with Crippen molar-refractivity contribution >= 4 is 17.3 Å². The maximum atomic E-state index is 12.5. The van der Waals surface area contributed by atoms with E-state index >= 15 is 0 Å². The van der Waals surface area contributed by atoms with Gasteiger partial charge in [-0.15, -0.1) is 0 Å². The number of hydrogen-bond acceptors (Lipinski definition) is 4. The minimum atomic E-state index is -0.401. The Hall–Kier alpha value is -2.89. The van der Waals surface area contributed by atoms with Gasteiger partial charge in [0.15, 0.2) is 0 Å². The van der Waals surface area contributed by atoms with Gasteiger partial charge >= 0.3 is 0 Å². The highest BCUT2D eigenvalue weighted by atomic mass is 16.6. The fourth-order valence-corrected chi connectivity index (χ4v) is 3.32. The van der Waals surface area contributed by atoms with Crippen molar-refractivity contribution < 1.29 is 9.72 Å². The van der Waals surface area contributed by atoms with Gasteiger partial charge in [0.25, 0.3) is 11.6 Å². The highest BCUT2D eigenvalue weighted by Gasteiger charge is 2.23. The SMILES string of the molecule is CC(NC(=O)c1ccc(N2CCCCC2)c([N+](=O)[O-])c1)c1ccccc1. The highest BCUT2D eigenvalue weighted by molar-refractivity contribution is 5.96. The number of amides is 1. The molecule has 136 valence electrons. The van der Waals surface area contributed by atoms with E-state index in [-0.39, 0.29) is 17.6 Å². The van der Waals surface area contributed by atoms with E-state index in [1.807, 2.05) is 42.2 Å². The molecule has 26 heavy (non-hydrogen) atoms. The van der Waals surface area contributed by atoms with Crippen LogP contribution in [0.1, 0.15) is 48.1 Å². The van der Waals surface area contributed by atoms with Crippen molar-refractivity contribution in [3.8, 4) is 0 Å². The topological polar surface area (TPSA) is 75.5 Å². The van der Waals surface area contributed by atoms with Crippen molar-refractivity contribution in [3.63, 3.8) is 0 Å². The molecule has 2 aromatic rings. The Kier molecular flexibility index (Phi) is 5.51. The van der Waals surface area contributed by atoms with E-state index in [1.54, 1.807) is 12.1 Å². The summed E-state index contributed by atoms with van der Waals surface area (Å²) in [5.41, 5.74) is 1.88. The molecule has 0 radical (unpaired) electrons. The standard InChI is InChI=1S/C20H23N3O3/c1-15(16-8-4-2-5-9-16)21-20(24)17-10-11-18(19(14-17)23(25)26)22-12-6-3-7-13-22/h2,4-5,8-11,14-15H,3,6-7,12-13H2,1H3,(H,21,24). The first-order chi connectivity index (χ1) is 12.6. The second-order valence-corrected chi connectivity index (χ2v) is 6.61. The predicted molar refractivity (Wildman–Crippen MR) is 101 cm³/mol. The molecule has 6 nitrogen and oxygen atoms in total. The zero-order valence-corrected chi connectivity index (χ0v) is 14.9. The van der Waals surface area contributed by atoms with Gasteiger partial charge < -0.3 is 10.2 Å². The first-order valence-electron chi connectivity index (χ1n) is 8.95. The van der Waals surface area contributed by atoms with E-state index in [1.165, 1.54) is 6.07 Å². The summed E-state index contributed by atoms with van der Waals surface area (Å²) in [6.07, 6.45) is 3.23. The lowest BCUT2D eigenvalue weighted by Crippen LogP contribution is -2.30. The summed E-state index contributed by atoms with van der Waals surface area (Å²) in [6, 6.07) is 14.2. The van der Waals surface area contributed by atoms with Crippen molar-refractivity contribution in [1.29, 1.82) is 0 Å². The van der Waals surface area contributed by atoms with Crippen LogP contribution in [0.25, 0.3) is 0 Å². The van der Waals surface area contributed by atoms with E-state index in [9.17, 15) is 14.9 Å². The number of nitro benzene ring substituents is 1. The van der Waals surface area contributed by atoms with Gasteiger partial charge in [-0.25, -0.2) is 0 Å². The third-order valence-electron chi connectivity index (χ3n) is 4.78. The first-order valence-corrected chi connectivity index (χ1v) is 8.95. The molecule has 1 aliphatic heterocycles. The number of anilines is 1. The highest BCUT2D eigenvalue weighted by Crippen LogP contribution is 2.31. The van der Waals surface area contributed by atoms with E-state index in [2.05, 4.69) is 5.32 Å². The number of carbonyl (C=O) groups is 1. The summed E-state index contributed by atoms with van der Waals surface area (Å²) in [5, 5.41) is 14.4. The number of nitro groups is 1. The van der Waals surface area contributed by atoms with Crippen LogP contribution < -0.4 is 10.2 Å². The summed E-state index contributed by atoms with van der Waals surface area (Å²) in [4.78, 5) is 25.7. The third kappa shape index (κ3) is 4.02.